The second-order valence-electron chi connectivity index (χ2n) is 8.09. The van der Waals surface area contributed by atoms with Gasteiger partial charge in [-0.1, -0.05) is 13.8 Å². The minimum absolute atomic E-state index is 0.0578. The van der Waals surface area contributed by atoms with Crippen LogP contribution in [0.15, 0.2) is 23.2 Å². The zero-order valence-corrected chi connectivity index (χ0v) is 18.0. The fraction of sp³-hybridized carbons (Fsp3) is 0.636. The number of anilines is 1. The van der Waals surface area contributed by atoms with Crippen molar-refractivity contribution in [1.82, 2.24) is 10.6 Å². The van der Waals surface area contributed by atoms with Gasteiger partial charge in [0.1, 0.15) is 6.54 Å². The number of nitrogens with one attached hydrogen (secondary N) is 3. The highest BCUT2D eigenvalue weighted by atomic mass is 16.5. The minimum Gasteiger partial charge on any atom is -0.490 e. The normalized spacial score (nSPS) is 16.2. The Morgan fingerprint density at radius 2 is 2.03 bits per heavy atom. The number of amides is 1. The first-order chi connectivity index (χ1) is 14.6. The van der Waals surface area contributed by atoms with Crippen LogP contribution in [0.3, 0.4) is 0 Å². The Labute approximate surface area is 178 Å². The van der Waals surface area contributed by atoms with Crippen LogP contribution in [0.25, 0.3) is 0 Å². The predicted molar refractivity (Wildman–Crippen MR) is 117 cm³/mol. The first-order valence-electron chi connectivity index (χ1n) is 10.9. The number of nitrogens with zero attached hydrogens (tertiary/aromatic N) is 1. The molecule has 8 heteroatoms. The maximum atomic E-state index is 12.0. The molecule has 0 atom stereocenters. The predicted octanol–water partition coefficient (Wildman–Crippen LogP) is 2.55. The van der Waals surface area contributed by atoms with E-state index in [2.05, 4.69) is 34.8 Å². The zero-order valence-electron chi connectivity index (χ0n) is 18.0. The molecule has 0 aromatic heterocycles. The standard InChI is InChI=1S/C22H34N4O4/c1-16(2)15-28-10-3-9-23-22(24-14-21(27)25-17-5-6-17)26-18-7-8-19-20(13-18)30-12-4-11-29-19/h7-8,13,16-17H,3-6,9-12,14-15H2,1-2H3,(H,25,27)(H2,23,24,26). The third-order valence-corrected chi connectivity index (χ3v) is 4.54. The third kappa shape index (κ3) is 8.10. The Balaban J connectivity index is 1.55. The Hall–Kier alpha value is -2.48. The van der Waals surface area contributed by atoms with E-state index in [0.29, 0.717) is 50.0 Å². The van der Waals surface area contributed by atoms with Crippen molar-refractivity contribution >= 4 is 17.6 Å². The summed E-state index contributed by atoms with van der Waals surface area (Å²) in [4.78, 5) is 16.5. The van der Waals surface area contributed by atoms with E-state index in [1.54, 1.807) is 0 Å². The molecule has 0 radical (unpaired) electrons. The number of rotatable bonds is 10. The molecule has 166 valence electrons. The van der Waals surface area contributed by atoms with Crippen LogP contribution in [0.1, 0.15) is 39.5 Å². The van der Waals surface area contributed by atoms with Crippen LogP contribution < -0.4 is 25.4 Å². The largest absolute Gasteiger partial charge is 0.490 e. The van der Waals surface area contributed by atoms with E-state index in [1.807, 2.05) is 18.2 Å². The fourth-order valence-electron chi connectivity index (χ4n) is 2.87. The van der Waals surface area contributed by atoms with Gasteiger partial charge in [-0.15, -0.1) is 0 Å². The average molecular weight is 419 g/mol. The summed E-state index contributed by atoms with van der Waals surface area (Å²) < 4.78 is 17.1. The Morgan fingerprint density at radius 3 is 2.80 bits per heavy atom. The van der Waals surface area contributed by atoms with Crippen molar-refractivity contribution in [3.05, 3.63) is 18.2 Å². The van der Waals surface area contributed by atoms with Gasteiger partial charge >= 0.3 is 0 Å². The number of hydrogen-bond acceptors (Lipinski definition) is 5. The second kappa shape index (κ2) is 11.6. The van der Waals surface area contributed by atoms with Gasteiger partial charge in [0.05, 0.1) is 13.2 Å². The lowest BCUT2D eigenvalue weighted by Crippen LogP contribution is -2.34. The lowest BCUT2D eigenvalue weighted by Gasteiger charge is -2.15. The van der Waals surface area contributed by atoms with Crippen molar-refractivity contribution < 1.29 is 19.0 Å². The van der Waals surface area contributed by atoms with Crippen molar-refractivity contribution in [1.29, 1.82) is 0 Å². The van der Waals surface area contributed by atoms with Gasteiger partial charge in [-0.3, -0.25) is 4.79 Å². The molecule has 1 saturated carbocycles. The van der Waals surface area contributed by atoms with Gasteiger partial charge in [0, 0.05) is 44.0 Å². The van der Waals surface area contributed by atoms with Crippen molar-refractivity contribution in [3.8, 4) is 11.5 Å². The van der Waals surface area contributed by atoms with Crippen molar-refractivity contribution in [3.63, 3.8) is 0 Å². The van der Waals surface area contributed by atoms with Crippen molar-refractivity contribution in [2.45, 2.75) is 45.6 Å². The van der Waals surface area contributed by atoms with Crippen LogP contribution in [0.4, 0.5) is 5.69 Å². The summed E-state index contributed by atoms with van der Waals surface area (Å²) in [5.74, 6) is 2.49. The van der Waals surface area contributed by atoms with Crippen molar-refractivity contribution in [2.75, 3.05) is 44.8 Å². The lowest BCUT2D eigenvalue weighted by molar-refractivity contribution is -0.119. The van der Waals surface area contributed by atoms with Crippen LogP contribution in [0.2, 0.25) is 0 Å². The summed E-state index contributed by atoms with van der Waals surface area (Å²) in [6.07, 6.45) is 3.84. The second-order valence-corrected chi connectivity index (χ2v) is 8.09. The van der Waals surface area contributed by atoms with Crippen LogP contribution in [-0.2, 0) is 9.53 Å². The summed E-state index contributed by atoms with van der Waals surface area (Å²) in [5, 5.41) is 9.50. The molecule has 30 heavy (non-hydrogen) atoms. The molecule has 1 fully saturated rings. The summed E-state index contributed by atoms with van der Waals surface area (Å²) in [6.45, 7) is 7.78. The number of guanidine groups is 1. The number of benzene rings is 1. The molecule has 1 aliphatic heterocycles. The molecule has 3 N–H and O–H groups in total. The van der Waals surface area contributed by atoms with E-state index in [-0.39, 0.29) is 12.5 Å². The average Bonchev–Trinajstić information content (AvgIpc) is 3.55. The van der Waals surface area contributed by atoms with E-state index in [1.165, 1.54) is 0 Å². The van der Waals surface area contributed by atoms with Gasteiger partial charge in [0.2, 0.25) is 5.91 Å². The Bertz CT molecular complexity index is 719. The van der Waals surface area contributed by atoms with Crippen LogP contribution in [0.5, 0.6) is 11.5 Å². The minimum atomic E-state index is -0.0578. The summed E-state index contributed by atoms with van der Waals surface area (Å²) >= 11 is 0. The summed E-state index contributed by atoms with van der Waals surface area (Å²) in [7, 11) is 0. The quantitative estimate of drug-likeness (QED) is 0.307. The maximum Gasteiger partial charge on any atom is 0.242 e. The van der Waals surface area contributed by atoms with Gasteiger partial charge in [0.15, 0.2) is 17.5 Å². The molecule has 1 aromatic carbocycles. The third-order valence-electron chi connectivity index (χ3n) is 4.54. The molecule has 1 aromatic rings. The van der Waals surface area contributed by atoms with Crippen molar-refractivity contribution in [2.24, 2.45) is 10.9 Å². The zero-order chi connectivity index (χ0) is 21.2. The van der Waals surface area contributed by atoms with Gasteiger partial charge < -0.3 is 30.2 Å². The highest BCUT2D eigenvalue weighted by Gasteiger charge is 2.22. The Morgan fingerprint density at radius 1 is 1.23 bits per heavy atom. The van der Waals surface area contributed by atoms with E-state index in [0.717, 1.165) is 43.7 Å². The highest BCUT2D eigenvalue weighted by Crippen LogP contribution is 2.32. The molecule has 0 unspecified atom stereocenters. The molecule has 3 rings (SSSR count). The van der Waals surface area contributed by atoms with E-state index in [9.17, 15) is 4.79 Å². The topological polar surface area (TPSA) is 93.2 Å². The molecule has 8 nitrogen and oxygen atoms in total. The Kier molecular flexibility index (Phi) is 8.62. The lowest BCUT2D eigenvalue weighted by atomic mass is 10.2. The molecule has 1 aliphatic carbocycles. The van der Waals surface area contributed by atoms with Gasteiger partial charge in [-0.25, -0.2) is 4.99 Å². The SMILES string of the molecule is CC(C)COCCCNC(=NCC(=O)NC1CC1)Nc1ccc2c(c1)OCCCO2. The maximum absolute atomic E-state index is 12.0. The number of ether oxygens (including phenoxy) is 3. The number of carbonyl (C=O) groups excluding carboxylic acids is 1. The van der Waals surface area contributed by atoms with Crippen LogP contribution in [0, 0.1) is 5.92 Å². The van der Waals surface area contributed by atoms with E-state index < -0.39 is 0 Å². The number of aliphatic imine (C=N–C) groups is 1. The number of carbonyl (C=O) groups is 1. The van der Waals surface area contributed by atoms with Crippen LogP contribution in [-0.4, -0.2) is 57.4 Å². The first kappa shape index (κ1) is 22.2. The number of hydrogen-bond donors (Lipinski definition) is 3. The molecule has 1 heterocycles. The monoisotopic (exact) mass is 418 g/mol. The molecule has 1 amide bonds. The molecule has 0 spiro atoms. The van der Waals surface area contributed by atoms with Crippen LogP contribution >= 0.6 is 0 Å². The van der Waals surface area contributed by atoms with E-state index >= 15 is 0 Å². The first-order valence-corrected chi connectivity index (χ1v) is 10.9. The fourth-order valence-corrected chi connectivity index (χ4v) is 2.87. The number of fused-ring (bicyclic) bond motifs is 1. The molecule has 2 aliphatic rings. The van der Waals surface area contributed by atoms with Gasteiger partial charge in [0.25, 0.3) is 0 Å². The molecular weight excluding hydrogens is 384 g/mol. The summed E-state index contributed by atoms with van der Waals surface area (Å²) in [6, 6.07) is 6.03. The molecular formula is C22H34N4O4. The van der Waals surface area contributed by atoms with Gasteiger partial charge in [-0.05, 0) is 37.3 Å². The smallest absolute Gasteiger partial charge is 0.242 e. The van der Waals surface area contributed by atoms with E-state index in [4.69, 9.17) is 14.2 Å². The van der Waals surface area contributed by atoms with Gasteiger partial charge in [-0.2, -0.15) is 0 Å². The molecule has 0 saturated heterocycles. The molecule has 0 bridgehead atoms. The highest BCUT2D eigenvalue weighted by molar-refractivity contribution is 5.95. The summed E-state index contributed by atoms with van der Waals surface area (Å²) in [5.41, 5.74) is 0.823.